The Morgan fingerprint density at radius 3 is 2.17 bits per heavy atom. The van der Waals surface area contributed by atoms with Crippen LogP contribution in [0.25, 0.3) is 0 Å². The van der Waals surface area contributed by atoms with Crippen molar-refractivity contribution < 1.29 is 4.79 Å². The van der Waals surface area contributed by atoms with Crippen molar-refractivity contribution in [3.63, 3.8) is 0 Å². The van der Waals surface area contributed by atoms with Gasteiger partial charge >= 0.3 is 0 Å². The first kappa shape index (κ1) is 17.9. The van der Waals surface area contributed by atoms with Gasteiger partial charge in [-0.1, -0.05) is 29.8 Å². The number of nitrogens with one attached hydrogen (secondary N) is 2. The summed E-state index contributed by atoms with van der Waals surface area (Å²) in [6, 6.07) is 15.7. The van der Waals surface area contributed by atoms with E-state index in [2.05, 4.69) is 48.7 Å². The van der Waals surface area contributed by atoms with Crippen LogP contribution < -0.4 is 10.6 Å². The number of aryl methyl sites for hydroxylation is 1. The van der Waals surface area contributed by atoms with Crippen molar-refractivity contribution >= 4 is 28.9 Å². The Bertz CT molecular complexity index is 708. The minimum Gasteiger partial charge on any atom is -0.356 e. The molecule has 0 aliphatic rings. The van der Waals surface area contributed by atoms with E-state index in [1.54, 1.807) is 31.1 Å². The molecule has 5 heteroatoms. The lowest BCUT2D eigenvalue weighted by atomic mass is 10.1. The van der Waals surface area contributed by atoms with E-state index in [-0.39, 0.29) is 11.9 Å². The molecule has 2 N–H and O–H groups in total. The van der Waals surface area contributed by atoms with Crippen LogP contribution in [0.15, 0.2) is 48.5 Å². The van der Waals surface area contributed by atoms with Crippen LogP contribution in [-0.2, 0) is 0 Å². The van der Waals surface area contributed by atoms with Gasteiger partial charge in [0.1, 0.15) is 0 Å². The molecule has 2 aromatic rings. The van der Waals surface area contributed by atoms with Crippen LogP contribution in [0, 0.1) is 6.92 Å². The van der Waals surface area contributed by atoms with E-state index in [1.165, 1.54) is 11.1 Å². The van der Waals surface area contributed by atoms with E-state index in [0.29, 0.717) is 10.7 Å². The molecule has 0 bridgehead atoms. The highest BCUT2D eigenvalue weighted by Crippen LogP contribution is 2.14. The highest BCUT2D eigenvalue weighted by molar-refractivity contribution is 7.80. The lowest BCUT2D eigenvalue weighted by Gasteiger charge is -2.18. The molecule has 0 aliphatic carbocycles. The molecule has 0 saturated carbocycles. The Balaban J connectivity index is 1.94. The minimum absolute atomic E-state index is 0.0183. The van der Waals surface area contributed by atoms with Gasteiger partial charge in [-0.05, 0) is 55.9 Å². The SMILES string of the molecule is Cc1ccc(C(C)NC(=S)Nc2ccc(C(=O)N(C)C)cc2)cc1. The van der Waals surface area contributed by atoms with Gasteiger partial charge in [0.05, 0.1) is 6.04 Å². The standard InChI is InChI=1S/C19H23N3OS/c1-13-5-7-15(8-6-13)14(2)20-19(24)21-17-11-9-16(10-12-17)18(23)22(3)4/h5-12,14H,1-4H3,(H2,20,21,24). The van der Waals surface area contributed by atoms with Crippen molar-refractivity contribution in [2.24, 2.45) is 0 Å². The summed E-state index contributed by atoms with van der Waals surface area (Å²) in [4.78, 5) is 13.4. The summed E-state index contributed by atoms with van der Waals surface area (Å²) in [6.07, 6.45) is 0. The summed E-state index contributed by atoms with van der Waals surface area (Å²) in [5.74, 6) is -0.0183. The Morgan fingerprint density at radius 2 is 1.62 bits per heavy atom. The molecular formula is C19H23N3OS. The molecule has 24 heavy (non-hydrogen) atoms. The normalized spacial score (nSPS) is 11.5. The Labute approximate surface area is 148 Å². The molecule has 0 aromatic heterocycles. The molecule has 0 radical (unpaired) electrons. The Hall–Kier alpha value is -2.40. The number of carbonyl (C=O) groups excluding carboxylic acids is 1. The maximum absolute atomic E-state index is 11.9. The summed E-state index contributed by atoms with van der Waals surface area (Å²) < 4.78 is 0. The van der Waals surface area contributed by atoms with Gasteiger partial charge in [0.15, 0.2) is 5.11 Å². The zero-order chi connectivity index (χ0) is 17.7. The highest BCUT2D eigenvalue weighted by atomic mass is 32.1. The van der Waals surface area contributed by atoms with E-state index < -0.39 is 0 Å². The first-order valence-corrected chi connectivity index (χ1v) is 8.23. The lowest BCUT2D eigenvalue weighted by Crippen LogP contribution is -2.30. The van der Waals surface area contributed by atoms with E-state index >= 15 is 0 Å². The van der Waals surface area contributed by atoms with Gasteiger partial charge in [-0.2, -0.15) is 0 Å². The minimum atomic E-state index is -0.0183. The van der Waals surface area contributed by atoms with Crippen molar-refractivity contribution in [3.8, 4) is 0 Å². The van der Waals surface area contributed by atoms with Gasteiger partial charge in [0.2, 0.25) is 0 Å². The first-order valence-electron chi connectivity index (χ1n) is 7.82. The third-order valence-corrected chi connectivity index (χ3v) is 3.94. The molecule has 2 rings (SSSR count). The quantitative estimate of drug-likeness (QED) is 0.832. The predicted molar refractivity (Wildman–Crippen MR) is 103 cm³/mol. The van der Waals surface area contributed by atoms with Gasteiger partial charge in [-0.3, -0.25) is 4.79 Å². The van der Waals surface area contributed by atoms with Crippen LogP contribution in [0.2, 0.25) is 0 Å². The summed E-state index contributed by atoms with van der Waals surface area (Å²) in [5, 5.41) is 6.96. The molecule has 2 aromatic carbocycles. The molecule has 4 nitrogen and oxygen atoms in total. The van der Waals surface area contributed by atoms with Crippen LogP contribution in [0.4, 0.5) is 5.69 Å². The van der Waals surface area contributed by atoms with Crippen LogP contribution in [0.5, 0.6) is 0 Å². The number of nitrogens with zero attached hydrogens (tertiary/aromatic N) is 1. The third kappa shape index (κ3) is 4.80. The van der Waals surface area contributed by atoms with Gasteiger partial charge in [0, 0.05) is 25.3 Å². The van der Waals surface area contributed by atoms with Crippen molar-refractivity contribution in [2.45, 2.75) is 19.9 Å². The molecular weight excluding hydrogens is 318 g/mol. The number of rotatable bonds is 4. The zero-order valence-electron chi connectivity index (χ0n) is 14.5. The van der Waals surface area contributed by atoms with Crippen LogP contribution in [0.3, 0.4) is 0 Å². The summed E-state index contributed by atoms with van der Waals surface area (Å²) in [7, 11) is 3.47. The molecule has 1 unspecified atom stereocenters. The molecule has 1 amide bonds. The molecule has 0 saturated heterocycles. The maximum atomic E-state index is 11.9. The summed E-state index contributed by atoms with van der Waals surface area (Å²) >= 11 is 5.37. The Kier molecular flexibility index (Phi) is 5.93. The average molecular weight is 341 g/mol. The number of hydrogen-bond donors (Lipinski definition) is 2. The van der Waals surface area contributed by atoms with Crippen LogP contribution in [-0.4, -0.2) is 30.0 Å². The van der Waals surface area contributed by atoms with E-state index in [4.69, 9.17) is 12.2 Å². The van der Waals surface area contributed by atoms with Crippen molar-refractivity contribution in [2.75, 3.05) is 19.4 Å². The third-order valence-electron chi connectivity index (χ3n) is 3.72. The number of amides is 1. The van der Waals surface area contributed by atoms with Gasteiger partial charge < -0.3 is 15.5 Å². The number of carbonyl (C=O) groups is 1. The smallest absolute Gasteiger partial charge is 0.253 e. The van der Waals surface area contributed by atoms with Gasteiger partial charge in [-0.15, -0.1) is 0 Å². The first-order chi connectivity index (χ1) is 11.4. The number of anilines is 1. The maximum Gasteiger partial charge on any atom is 0.253 e. The molecule has 0 heterocycles. The van der Waals surface area contributed by atoms with Crippen LogP contribution in [0.1, 0.15) is 34.5 Å². The molecule has 0 spiro atoms. The molecule has 0 aliphatic heterocycles. The second-order valence-corrected chi connectivity index (χ2v) is 6.42. The van der Waals surface area contributed by atoms with E-state index in [9.17, 15) is 4.79 Å². The number of thiocarbonyl (C=S) groups is 1. The van der Waals surface area contributed by atoms with E-state index in [1.807, 2.05) is 12.1 Å². The lowest BCUT2D eigenvalue weighted by molar-refractivity contribution is 0.0827. The second-order valence-electron chi connectivity index (χ2n) is 6.01. The highest BCUT2D eigenvalue weighted by Gasteiger charge is 2.09. The van der Waals surface area contributed by atoms with Crippen molar-refractivity contribution in [3.05, 3.63) is 65.2 Å². The summed E-state index contributed by atoms with van der Waals surface area (Å²) in [6.45, 7) is 4.14. The molecule has 0 fully saturated rings. The summed E-state index contributed by atoms with van der Waals surface area (Å²) in [5.41, 5.74) is 3.91. The fourth-order valence-electron chi connectivity index (χ4n) is 2.26. The number of hydrogen-bond acceptors (Lipinski definition) is 2. The van der Waals surface area contributed by atoms with Crippen molar-refractivity contribution in [1.29, 1.82) is 0 Å². The van der Waals surface area contributed by atoms with Crippen LogP contribution >= 0.6 is 12.2 Å². The molecule has 1 atom stereocenters. The second kappa shape index (κ2) is 7.93. The van der Waals surface area contributed by atoms with E-state index in [0.717, 1.165) is 5.69 Å². The topological polar surface area (TPSA) is 44.4 Å². The average Bonchev–Trinajstić information content (AvgIpc) is 2.55. The fraction of sp³-hybridized carbons (Fsp3) is 0.263. The fourth-order valence-corrected chi connectivity index (χ4v) is 2.55. The Morgan fingerprint density at radius 1 is 1.04 bits per heavy atom. The number of benzene rings is 2. The van der Waals surface area contributed by atoms with Crippen molar-refractivity contribution in [1.82, 2.24) is 10.2 Å². The van der Waals surface area contributed by atoms with Gasteiger partial charge in [0.25, 0.3) is 5.91 Å². The van der Waals surface area contributed by atoms with Gasteiger partial charge in [-0.25, -0.2) is 0 Å². The zero-order valence-corrected chi connectivity index (χ0v) is 15.3. The predicted octanol–water partition coefficient (Wildman–Crippen LogP) is 3.74. The monoisotopic (exact) mass is 341 g/mol. The largest absolute Gasteiger partial charge is 0.356 e. The molecule has 126 valence electrons.